The number of benzene rings is 1. The molecule has 1 atom stereocenters. The van der Waals surface area contributed by atoms with Gasteiger partial charge in [0.2, 0.25) is 0 Å². The van der Waals surface area contributed by atoms with E-state index in [9.17, 15) is 5.11 Å². The Morgan fingerprint density at radius 2 is 2.00 bits per heavy atom. The lowest BCUT2D eigenvalue weighted by atomic mass is 10.2. The van der Waals surface area contributed by atoms with Crippen molar-refractivity contribution in [1.82, 2.24) is 0 Å². The lowest BCUT2D eigenvalue weighted by Crippen LogP contribution is -1.98. The second kappa shape index (κ2) is 5.23. The van der Waals surface area contributed by atoms with Crippen molar-refractivity contribution in [2.75, 3.05) is 5.75 Å². The highest BCUT2D eigenvalue weighted by Crippen LogP contribution is 2.24. The number of rotatable bonds is 4. The average molecular weight is 234 g/mol. The summed E-state index contributed by atoms with van der Waals surface area (Å²) in [6.45, 7) is 2.06. The Morgan fingerprint density at radius 1 is 1.25 bits per heavy atom. The molecule has 1 heterocycles. The molecule has 2 rings (SSSR count). The Morgan fingerprint density at radius 3 is 2.62 bits per heavy atom. The quantitative estimate of drug-likeness (QED) is 0.823. The highest BCUT2D eigenvalue weighted by atomic mass is 32.2. The van der Waals surface area contributed by atoms with Crippen LogP contribution in [0.15, 0.2) is 52.0 Å². The maximum Gasteiger partial charge on any atom is 0.133 e. The zero-order valence-corrected chi connectivity index (χ0v) is 9.91. The van der Waals surface area contributed by atoms with E-state index in [-0.39, 0.29) is 0 Å². The van der Waals surface area contributed by atoms with Crippen molar-refractivity contribution in [3.8, 4) is 0 Å². The molecule has 16 heavy (non-hydrogen) atoms. The third-order valence-electron chi connectivity index (χ3n) is 2.30. The highest BCUT2D eigenvalue weighted by Gasteiger charge is 2.10. The van der Waals surface area contributed by atoms with Crippen LogP contribution in [-0.2, 0) is 0 Å². The Kier molecular flexibility index (Phi) is 3.70. The Labute approximate surface area is 99.3 Å². The Balaban J connectivity index is 1.90. The van der Waals surface area contributed by atoms with Gasteiger partial charge in [-0.15, -0.1) is 11.8 Å². The van der Waals surface area contributed by atoms with Crippen LogP contribution in [0.1, 0.15) is 17.4 Å². The van der Waals surface area contributed by atoms with Crippen molar-refractivity contribution in [1.29, 1.82) is 0 Å². The van der Waals surface area contributed by atoms with Crippen LogP contribution in [-0.4, -0.2) is 10.9 Å². The molecule has 1 aromatic carbocycles. The number of furan rings is 1. The molecule has 0 radical (unpaired) electrons. The van der Waals surface area contributed by atoms with Crippen LogP contribution in [0.2, 0.25) is 0 Å². The van der Waals surface area contributed by atoms with Gasteiger partial charge in [-0.3, -0.25) is 0 Å². The van der Waals surface area contributed by atoms with Gasteiger partial charge in [-0.05, 0) is 31.2 Å². The van der Waals surface area contributed by atoms with Crippen LogP contribution in [0.4, 0.5) is 0 Å². The summed E-state index contributed by atoms with van der Waals surface area (Å²) in [7, 11) is 0. The Bertz CT molecular complexity index is 420. The Hall–Kier alpha value is -1.19. The van der Waals surface area contributed by atoms with E-state index in [1.165, 1.54) is 5.56 Å². The molecule has 0 bridgehead atoms. The van der Waals surface area contributed by atoms with Gasteiger partial charge in [0.25, 0.3) is 0 Å². The second-order valence-electron chi connectivity index (χ2n) is 3.66. The second-order valence-corrected chi connectivity index (χ2v) is 4.75. The van der Waals surface area contributed by atoms with Crippen LogP contribution in [0.25, 0.3) is 0 Å². The third kappa shape index (κ3) is 2.90. The molecule has 0 spiro atoms. The van der Waals surface area contributed by atoms with Crippen LogP contribution < -0.4 is 0 Å². The molecule has 84 valence electrons. The molecule has 2 aromatic rings. The first kappa shape index (κ1) is 11.3. The van der Waals surface area contributed by atoms with E-state index in [2.05, 4.69) is 31.2 Å². The lowest BCUT2D eigenvalue weighted by molar-refractivity contribution is 0.174. The van der Waals surface area contributed by atoms with Gasteiger partial charge in [-0.25, -0.2) is 0 Å². The molecule has 0 saturated heterocycles. The summed E-state index contributed by atoms with van der Waals surface area (Å²) < 4.78 is 5.14. The minimum Gasteiger partial charge on any atom is -0.467 e. The van der Waals surface area contributed by atoms with Gasteiger partial charge in [0.15, 0.2) is 0 Å². The standard InChI is InChI=1S/C13H14O2S/c1-10-4-6-11(7-5-10)16-9-12(14)13-3-2-8-15-13/h2-8,12,14H,9H2,1H3/t12-/m1/s1. The van der Waals surface area contributed by atoms with Gasteiger partial charge in [0, 0.05) is 10.6 Å². The topological polar surface area (TPSA) is 33.4 Å². The number of aliphatic hydroxyl groups is 1. The van der Waals surface area contributed by atoms with E-state index in [4.69, 9.17) is 4.42 Å². The van der Waals surface area contributed by atoms with E-state index in [1.54, 1.807) is 30.2 Å². The minimum atomic E-state index is -0.540. The van der Waals surface area contributed by atoms with Crippen molar-refractivity contribution < 1.29 is 9.52 Å². The summed E-state index contributed by atoms with van der Waals surface area (Å²) in [6.07, 6.45) is 1.04. The van der Waals surface area contributed by atoms with Crippen LogP contribution in [0.3, 0.4) is 0 Å². The lowest BCUT2D eigenvalue weighted by Gasteiger charge is -2.07. The predicted molar refractivity (Wildman–Crippen MR) is 65.6 cm³/mol. The van der Waals surface area contributed by atoms with Gasteiger partial charge in [0.05, 0.1) is 6.26 Å². The van der Waals surface area contributed by atoms with E-state index in [1.807, 2.05) is 0 Å². The van der Waals surface area contributed by atoms with Crippen molar-refractivity contribution in [3.63, 3.8) is 0 Å². The SMILES string of the molecule is Cc1ccc(SC[C@@H](O)c2ccco2)cc1. The zero-order valence-electron chi connectivity index (χ0n) is 9.09. The van der Waals surface area contributed by atoms with Crippen LogP contribution in [0.5, 0.6) is 0 Å². The van der Waals surface area contributed by atoms with E-state index in [0.717, 1.165) is 4.90 Å². The molecule has 0 aliphatic rings. The molecule has 2 nitrogen and oxygen atoms in total. The summed E-state index contributed by atoms with van der Waals surface area (Å²) in [4.78, 5) is 1.16. The summed E-state index contributed by atoms with van der Waals surface area (Å²) in [5, 5.41) is 9.81. The van der Waals surface area contributed by atoms with Crippen molar-refractivity contribution in [2.45, 2.75) is 17.9 Å². The zero-order chi connectivity index (χ0) is 11.4. The molecule has 0 unspecified atom stereocenters. The van der Waals surface area contributed by atoms with Gasteiger partial charge in [-0.1, -0.05) is 17.7 Å². The first-order valence-corrected chi connectivity index (χ1v) is 6.15. The van der Waals surface area contributed by atoms with Gasteiger partial charge in [-0.2, -0.15) is 0 Å². The summed E-state index contributed by atoms with van der Waals surface area (Å²) in [5.41, 5.74) is 1.25. The summed E-state index contributed by atoms with van der Waals surface area (Å²) in [6, 6.07) is 11.8. The molecule has 1 aromatic heterocycles. The smallest absolute Gasteiger partial charge is 0.133 e. The molecule has 0 aliphatic heterocycles. The first-order valence-electron chi connectivity index (χ1n) is 5.16. The van der Waals surface area contributed by atoms with E-state index in [0.29, 0.717) is 11.5 Å². The maximum absolute atomic E-state index is 9.81. The minimum absolute atomic E-state index is 0.540. The van der Waals surface area contributed by atoms with Crippen molar-refractivity contribution in [3.05, 3.63) is 54.0 Å². The molecular formula is C13H14O2S. The number of thioether (sulfide) groups is 1. The largest absolute Gasteiger partial charge is 0.467 e. The fraction of sp³-hybridized carbons (Fsp3) is 0.231. The molecule has 0 saturated carbocycles. The van der Waals surface area contributed by atoms with Crippen LogP contribution in [0, 0.1) is 6.92 Å². The van der Waals surface area contributed by atoms with Crippen molar-refractivity contribution in [2.24, 2.45) is 0 Å². The van der Waals surface area contributed by atoms with Gasteiger partial charge >= 0.3 is 0 Å². The fourth-order valence-electron chi connectivity index (χ4n) is 1.37. The molecule has 0 aliphatic carbocycles. The predicted octanol–water partition coefficient (Wildman–Crippen LogP) is 3.41. The molecule has 3 heteroatoms. The molecule has 0 fully saturated rings. The number of aliphatic hydroxyl groups excluding tert-OH is 1. The van der Waals surface area contributed by atoms with Gasteiger partial charge < -0.3 is 9.52 Å². The van der Waals surface area contributed by atoms with E-state index < -0.39 is 6.10 Å². The monoisotopic (exact) mass is 234 g/mol. The third-order valence-corrected chi connectivity index (χ3v) is 3.39. The normalized spacial score (nSPS) is 12.6. The molecular weight excluding hydrogens is 220 g/mol. The van der Waals surface area contributed by atoms with Crippen molar-refractivity contribution >= 4 is 11.8 Å². The average Bonchev–Trinajstić information content (AvgIpc) is 2.81. The van der Waals surface area contributed by atoms with Crippen LogP contribution >= 0.6 is 11.8 Å². The molecule has 1 N–H and O–H groups in total. The number of aryl methyl sites for hydroxylation is 1. The summed E-state index contributed by atoms with van der Waals surface area (Å²) >= 11 is 1.63. The molecule has 0 amide bonds. The highest BCUT2D eigenvalue weighted by molar-refractivity contribution is 7.99. The number of hydrogen-bond donors (Lipinski definition) is 1. The fourth-order valence-corrected chi connectivity index (χ4v) is 2.22. The van der Waals surface area contributed by atoms with Gasteiger partial charge in [0.1, 0.15) is 11.9 Å². The first-order chi connectivity index (χ1) is 7.75. The van der Waals surface area contributed by atoms with E-state index >= 15 is 0 Å². The number of hydrogen-bond acceptors (Lipinski definition) is 3. The summed E-state index contributed by atoms with van der Waals surface area (Å²) in [5.74, 6) is 1.23. The maximum atomic E-state index is 9.81.